The summed E-state index contributed by atoms with van der Waals surface area (Å²) in [5, 5.41) is 6.17. The molecule has 1 heterocycles. The molecule has 150 valence electrons. The first-order valence-electron chi connectivity index (χ1n) is 9.58. The molecule has 0 radical (unpaired) electrons. The van der Waals surface area contributed by atoms with Crippen molar-refractivity contribution in [3.63, 3.8) is 0 Å². The molecule has 0 saturated carbocycles. The first kappa shape index (κ1) is 20.3. The molecule has 3 aromatic rings. The van der Waals surface area contributed by atoms with Crippen LogP contribution in [0.4, 0.5) is 11.6 Å². The van der Waals surface area contributed by atoms with E-state index in [0.717, 1.165) is 28.1 Å². The Morgan fingerprint density at radius 3 is 2.55 bits per heavy atom. The highest BCUT2D eigenvalue weighted by atomic mass is 16.5. The van der Waals surface area contributed by atoms with E-state index in [1.165, 1.54) is 0 Å². The number of aryl methyl sites for hydroxylation is 1. The number of nitrogens with one attached hydrogen (secondary N) is 2. The lowest BCUT2D eigenvalue weighted by Gasteiger charge is -2.16. The van der Waals surface area contributed by atoms with Crippen LogP contribution >= 0.6 is 0 Å². The summed E-state index contributed by atoms with van der Waals surface area (Å²) in [4.78, 5) is 21.4. The van der Waals surface area contributed by atoms with Gasteiger partial charge in [0.05, 0.1) is 7.11 Å². The number of methoxy groups -OCH3 is 1. The average Bonchev–Trinajstić information content (AvgIpc) is 2.74. The van der Waals surface area contributed by atoms with Crippen LogP contribution in [0.5, 0.6) is 5.75 Å². The Hall–Kier alpha value is -3.41. The van der Waals surface area contributed by atoms with E-state index in [4.69, 9.17) is 4.74 Å². The number of hydrogen-bond acceptors (Lipinski definition) is 5. The van der Waals surface area contributed by atoms with Gasteiger partial charge in [0.25, 0.3) is 5.91 Å². The number of benzene rings is 2. The van der Waals surface area contributed by atoms with Crippen molar-refractivity contribution in [2.24, 2.45) is 0 Å². The van der Waals surface area contributed by atoms with Crippen molar-refractivity contribution in [2.75, 3.05) is 17.7 Å². The molecule has 1 amide bonds. The molecule has 2 aromatic carbocycles. The van der Waals surface area contributed by atoms with Crippen LogP contribution in [-0.2, 0) is 6.54 Å². The Morgan fingerprint density at radius 2 is 1.86 bits per heavy atom. The Balaban J connectivity index is 1.71. The van der Waals surface area contributed by atoms with E-state index in [1.807, 2.05) is 49.4 Å². The second-order valence-corrected chi connectivity index (χ2v) is 7.12. The molecule has 6 heteroatoms. The topological polar surface area (TPSA) is 76.1 Å². The zero-order valence-corrected chi connectivity index (χ0v) is 17.2. The maximum atomic E-state index is 12.8. The molecule has 0 bridgehead atoms. The molecule has 3 rings (SSSR count). The van der Waals surface area contributed by atoms with Gasteiger partial charge < -0.3 is 15.4 Å². The predicted molar refractivity (Wildman–Crippen MR) is 116 cm³/mol. The molecule has 0 aliphatic carbocycles. The number of amides is 1. The predicted octanol–water partition coefficient (Wildman–Crippen LogP) is 4.78. The molecule has 29 heavy (non-hydrogen) atoms. The third-order valence-corrected chi connectivity index (χ3v) is 4.66. The van der Waals surface area contributed by atoms with Crippen LogP contribution in [0.1, 0.15) is 46.9 Å². The Labute approximate surface area is 171 Å². The molecule has 1 aromatic heterocycles. The summed E-state index contributed by atoms with van der Waals surface area (Å²) in [6, 6.07) is 15.4. The number of aromatic nitrogens is 2. The highest BCUT2D eigenvalue weighted by molar-refractivity contribution is 6.03. The fraction of sp³-hybridized carbons (Fsp3) is 0.261. The minimum atomic E-state index is -0.254. The summed E-state index contributed by atoms with van der Waals surface area (Å²) >= 11 is 0. The van der Waals surface area contributed by atoms with Gasteiger partial charge in [-0.05, 0) is 47.7 Å². The lowest BCUT2D eigenvalue weighted by Crippen LogP contribution is -2.17. The zero-order chi connectivity index (χ0) is 20.8. The van der Waals surface area contributed by atoms with Gasteiger partial charge >= 0.3 is 0 Å². The molecule has 0 spiro atoms. The van der Waals surface area contributed by atoms with Crippen LogP contribution in [0.15, 0.2) is 54.7 Å². The molecule has 0 unspecified atom stereocenters. The Bertz CT molecular complexity index is 984. The van der Waals surface area contributed by atoms with Crippen molar-refractivity contribution in [1.29, 1.82) is 0 Å². The quantitative estimate of drug-likeness (QED) is 0.607. The maximum Gasteiger partial charge on any atom is 0.274 e. The van der Waals surface area contributed by atoms with E-state index in [9.17, 15) is 4.79 Å². The number of carbonyl (C=O) groups excluding carboxylic acids is 1. The van der Waals surface area contributed by atoms with Crippen LogP contribution in [0, 0.1) is 6.92 Å². The smallest absolute Gasteiger partial charge is 0.274 e. The Morgan fingerprint density at radius 1 is 1.10 bits per heavy atom. The SMILES string of the molecule is COc1ccc(CNc2nccc(C(=O)Nc3c(C)cccc3C(C)C)n2)cc1. The van der Waals surface area contributed by atoms with Crippen LogP contribution in [0.2, 0.25) is 0 Å². The van der Waals surface area contributed by atoms with Crippen LogP contribution in [-0.4, -0.2) is 23.0 Å². The van der Waals surface area contributed by atoms with E-state index >= 15 is 0 Å². The van der Waals surface area contributed by atoms with Crippen molar-refractivity contribution in [3.05, 3.63) is 77.1 Å². The second-order valence-electron chi connectivity index (χ2n) is 7.12. The highest BCUT2D eigenvalue weighted by Crippen LogP contribution is 2.27. The largest absolute Gasteiger partial charge is 0.497 e. The molecule has 0 fully saturated rings. The van der Waals surface area contributed by atoms with E-state index < -0.39 is 0 Å². The van der Waals surface area contributed by atoms with Gasteiger partial charge in [-0.25, -0.2) is 9.97 Å². The summed E-state index contributed by atoms with van der Waals surface area (Å²) in [5.41, 5.74) is 4.35. The fourth-order valence-corrected chi connectivity index (χ4v) is 3.01. The first-order chi connectivity index (χ1) is 14.0. The van der Waals surface area contributed by atoms with Gasteiger partial charge in [0.1, 0.15) is 11.4 Å². The third-order valence-electron chi connectivity index (χ3n) is 4.66. The number of ether oxygens (including phenoxy) is 1. The molecule has 0 saturated heterocycles. The van der Waals surface area contributed by atoms with Gasteiger partial charge in [-0.2, -0.15) is 0 Å². The molecular formula is C23H26N4O2. The molecule has 2 N–H and O–H groups in total. The van der Waals surface area contributed by atoms with Gasteiger partial charge in [-0.15, -0.1) is 0 Å². The zero-order valence-electron chi connectivity index (χ0n) is 17.2. The summed E-state index contributed by atoms with van der Waals surface area (Å²) < 4.78 is 5.16. The number of carbonyl (C=O) groups is 1. The summed E-state index contributed by atoms with van der Waals surface area (Å²) in [7, 11) is 1.64. The highest BCUT2D eigenvalue weighted by Gasteiger charge is 2.15. The van der Waals surface area contributed by atoms with Crippen molar-refractivity contribution >= 4 is 17.5 Å². The Kier molecular flexibility index (Phi) is 6.44. The van der Waals surface area contributed by atoms with Gasteiger partial charge in [-0.3, -0.25) is 4.79 Å². The molecular weight excluding hydrogens is 364 g/mol. The van der Waals surface area contributed by atoms with Crippen LogP contribution in [0.25, 0.3) is 0 Å². The summed E-state index contributed by atoms with van der Waals surface area (Å²) in [5.74, 6) is 1.26. The van der Waals surface area contributed by atoms with E-state index in [0.29, 0.717) is 24.1 Å². The minimum absolute atomic E-state index is 0.254. The standard InChI is InChI=1S/C23H26N4O2/c1-15(2)19-7-5-6-16(3)21(19)27-22(28)20-12-13-24-23(26-20)25-14-17-8-10-18(29-4)11-9-17/h5-13,15H,14H2,1-4H3,(H,27,28)(H,24,25,26). The molecule has 0 aliphatic rings. The van der Waals surface area contributed by atoms with Gasteiger partial charge in [-0.1, -0.05) is 44.2 Å². The number of nitrogens with zero attached hydrogens (tertiary/aromatic N) is 2. The van der Waals surface area contributed by atoms with E-state index in [2.05, 4.69) is 34.4 Å². The average molecular weight is 390 g/mol. The van der Waals surface area contributed by atoms with Gasteiger partial charge in [0.15, 0.2) is 0 Å². The lowest BCUT2D eigenvalue weighted by molar-refractivity contribution is 0.102. The van der Waals surface area contributed by atoms with Crippen molar-refractivity contribution in [3.8, 4) is 5.75 Å². The number of anilines is 2. The lowest BCUT2D eigenvalue weighted by atomic mass is 9.98. The molecule has 0 atom stereocenters. The van der Waals surface area contributed by atoms with Gasteiger partial charge in [0.2, 0.25) is 5.95 Å². The van der Waals surface area contributed by atoms with E-state index in [-0.39, 0.29) is 5.91 Å². The van der Waals surface area contributed by atoms with E-state index in [1.54, 1.807) is 19.4 Å². The van der Waals surface area contributed by atoms with Crippen molar-refractivity contribution < 1.29 is 9.53 Å². The number of rotatable bonds is 7. The van der Waals surface area contributed by atoms with Crippen molar-refractivity contribution in [2.45, 2.75) is 33.2 Å². The number of hydrogen-bond donors (Lipinski definition) is 2. The minimum Gasteiger partial charge on any atom is -0.497 e. The molecule has 0 aliphatic heterocycles. The maximum absolute atomic E-state index is 12.8. The monoisotopic (exact) mass is 390 g/mol. The summed E-state index contributed by atoms with van der Waals surface area (Å²) in [6.45, 7) is 6.75. The normalized spacial score (nSPS) is 10.7. The van der Waals surface area contributed by atoms with Gasteiger partial charge in [0, 0.05) is 18.4 Å². The number of para-hydroxylation sites is 1. The first-order valence-corrected chi connectivity index (χ1v) is 9.58. The second kappa shape index (κ2) is 9.19. The fourth-order valence-electron chi connectivity index (χ4n) is 3.01. The summed E-state index contributed by atoms with van der Waals surface area (Å²) in [6.07, 6.45) is 1.58. The van der Waals surface area contributed by atoms with Crippen LogP contribution in [0.3, 0.4) is 0 Å². The van der Waals surface area contributed by atoms with Crippen LogP contribution < -0.4 is 15.4 Å². The molecule has 6 nitrogen and oxygen atoms in total. The van der Waals surface area contributed by atoms with Crippen molar-refractivity contribution in [1.82, 2.24) is 9.97 Å². The third kappa shape index (κ3) is 5.10.